The van der Waals surface area contributed by atoms with Crippen molar-refractivity contribution in [1.29, 1.82) is 0 Å². The van der Waals surface area contributed by atoms with Gasteiger partial charge in [-0.3, -0.25) is 0 Å². The predicted molar refractivity (Wildman–Crippen MR) is 74.5 cm³/mol. The SMILES string of the molecule is CC1(C)OB([C@@H](N)c2ccccc2Cl)OC1(C)C. The molecular formula is C13H19BClNO2. The van der Waals surface area contributed by atoms with E-state index in [1.807, 2.05) is 52.0 Å². The summed E-state index contributed by atoms with van der Waals surface area (Å²) in [5, 5.41) is 0.639. The maximum absolute atomic E-state index is 6.21. The van der Waals surface area contributed by atoms with Gasteiger partial charge in [0, 0.05) is 5.02 Å². The van der Waals surface area contributed by atoms with Crippen LogP contribution >= 0.6 is 11.6 Å². The van der Waals surface area contributed by atoms with Crippen LogP contribution in [0.4, 0.5) is 0 Å². The van der Waals surface area contributed by atoms with Crippen LogP contribution < -0.4 is 5.73 Å². The van der Waals surface area contributed by atoms with E-state index in [4.69, 9.17) is 26.6 Å². The number of halogens is 1. The van der Waals surface area contributed by atoms with Gasteiger partial charge in [-0.1, -0.05) is 29.8 Å². The van der Waals surface area contributed by atoms with Gasteiger partial charge >= 0.3 is 7.12 Å². The summed E-state index contributed by atoms with van der Waals surface area (Å²) in [4.78, 5) is 0. The summed E-state index contributed by atoms with van der Waals surface area (Å²) in [6.45, 7) is 8.03. The van der Waals surface area contributed by atoms with Crippen LogP contribution in [0, 0.1) is 0 Å². The van der Waals surface area contributed by atoms with Crippen LogP contribution in [0.5, 0.6) is 0 Å². The third-order valence-corrected chi connectivity index (χ3v) is 4.17. The van der Waals surface area contributed by atoms with Gasteiger partial charge in [-0.15, -0.1) is 0 Å². The maximum atomic E-state index is 6.21. The summed E-state index contributed by atoms with van der Waals surface area (Å²) in [7, 11) is -0.477. The first kappa shape index (κ1) is 13.9. The zero-order valence-electron chi connectivity index (χ0n) is 11.2. The smallest absolute Gasteiger partial charge is 0.402 e. The molecule has 1 aliphatic rings. The van der Waals surface area contributed by atoms with Crippen molar-refractivity contribution in [2.45, 2.75) is 44.8 Å². The average molecular weight is 268 g/mol. The lowest BCUT2D eigenvalue weighted by Gasteiger charge is -2.32. The highest BCUT2D eigenvalue weighted by Crippen LogP contribution is 2.40. The molecule has 1 fully saturated rings. The Morgan fingerprint density at radius 3 is 2.11 bits per heavy atom. The van der Waals surface area contributed by atoms with Crippen LogP contribution in [0.2, 0.25) is 5.02 Å². The molecule has 1 aromatic rings. The molecule has 3 nitrogen and oxygen atoms in total. The Hall–Kier alpha value is -0.545. The molecule has 2 rings (SSSR count). The standard InChI is InChI=1S/C13H19BClNO2/c1-12(2)13(3,4)18-14(17-12)11(16)9-7-5-6-8-10(9)15/h5-8,11H,16H2,1-4H3/t11-/m0/s1. The minimum atomic E-state index is -0.477. The number of rotatable bonds is 2. The third kappa shape index (κ3) is 2.30. The van der Waals surface area contributed by atoms with Crippen molar-refractivity contribution >= 4 is 18.7 Å². The van der Waals surface area contributed by atoms with E-state index in [0.29, 0.717) is 5.02 Å². The van der Waals surface area contributed by atoms with Gasteiger partial charge in [0.05, 0.1) is 17.1 Å². The maximum Gasteiger partial charge on any atom is 0.480 e. The Morgan fingerprint density at radius 2 is 1.61 bits per heavy atom. The lowest BCUT2D eigenvalue weighted by molar-refractivity contribution is 0.00578. The van der Waals surface area contributed by atoms with Crippen molar-refractivity contribution in [2.24, 2.45) is 5.73 Å². The highest BCUT2D eigenvalue weighted by Gasteiger charge is 2.53. The van der Waals surface area contributed by atoms with Gasteiger partial charge in [0.15, 0.2) is 0 Å². The quantitative estimate of drug-likeness (QED) is 0.838. The summed E-state index contributed by atoms with van der Waals surface area (Å²) >= 11 is 6.15. The van der Waals surface area contributed by atoms with Gasteiger partial charge in [0.25, 0.3) is 0 Å². The highest BCUT2D eigenvalue weighted by molar-refractivity contribution is 6.48. The molecule has 1 saturated heterocycles. The second-order valence-corrected chi connectivity index (χ2v) is 6.08. The van der Waals surface area contributed by atoms with Crippen molar-refractivity contribution < 1.29 is 9.31 Å². The fourth-order valence-electron chi connectivity index (χ4n) is 1.93. The molecule has 18 heavy (non-hydrogen) atoms. The van der Waals surface area contributed by atoms with E-state index in [0.717, 1.165) is 5.56 Å². The van der Waals surface area contributed by atoms with E-state index >= 15 is 0 Å². The summed E-state index contributed by atoms with van der Waals surface area (Å²) in [5.74, 6) is -0.389. The molecule has 0 spiro atoms. The molecule has 0 unspecified atom stereocenters. The van der Waals surface area contributed by atoms with Crippen molar-refractivity contribution in [3.63, 3.8) is 0 Å². The van der Waals surface area contributed by atoms with E-state index in [2.05, 4.69) is 0 Å². The predicted octanol–water partition coefficient (Wildman–Crippen LogP) is 2.97. The molecule has 0 bridgehead atoms. The van der Waals surface area contributed by atoms with Crippen LogP contribution in [0.1, 0.15) is 39.2 Å². The van der Waals surface area contributed by atoms with Gasteiger partial charge < -0.3 is 15.0 Å². The summed E-state index contributed by atoms with van der Waals surface area (Å²) in [6.07, 6.45) is 0. The molecule has 0 amide bonds. The zero-order chi connectivity index (χ0) is 13.6. The highest BCUT2D eigenvalue weighted by atomic mass is 35.5. The lowest BCUT2D eigenvalue weighted by atomic mass is 9.75. The molecule has 1 aromatic carbocycles. The van der Waals surface area contributed by atoms with Gasteiger partial charge in [0.2, 0.25) is 0 Å². The van der Waals surface area contributed by atoms with Crippen LogP contribution in [0.3, 0.4) is 0 Å². The topological polar surface area (TPSA) is 44.5 Å². The van der Waals surface area contributed by atoms with Gasteiger partial charge in [-0.25, -0.2) is 0 Å². The molecule has 98 valence electrons. The number of benzene rings is 1. The molecule has 0 aliphatic carbocycles. The van der Waals surface area contributed by atoms with E-state index in [-0.39, 0.29) is 17.1 Å². The second-order valence-electron chi connectivity index (χ2n) is 5.67. The zero-order valence-corrected chi connectivity index (χ0v) is 12.0. The van der Waals surface area contributed by atoms with E-state index in [1.165, 1.54) is 0 Å². The molecule has 1 heterocycles. The molecule has 2 N–H and O–H groups in total. The van der Waals surface area contributed by atoms with Crippen LogP contribution in [-0.4, -0.2) is 18.3 Å². The summed E-state index contributed by atoms with van der Waals surface area (Å²) in [5.41, 5.74) is 6.30. The molecule has 0 radical (unpaired) electrons. The minimum Gasteiger partial charge on any atom is -0.402 e. The normalized spacial score (nSPS) is 23.1. The number of nitrogens with two attached hydrogens (primary N) is 1. The van der Waals surface area contributed by atoms with Crippen LogP contribution in [0.15, 0.2) is 24.3 Å². The monoisotopic (exact) mass is 267 g/mol. The average Bonchev–Trinajstić information content (AvgIpc) is 2.48. The van der Waals surface area contributed by atoms with Crippen molar-refractivity contribution in [3.05, 3.63) is 34.9 Å². The van der Waals surface area contributed by atoms with Gasteiger partial charge in [0.1, 0.15) is 0 Å². The van der Waals surface area contributed by atoms with E-state index < -0.39 is 7.12 Å². The fourth-order valence-corrected chi connectivity index (χ4v) is 2.19. The first-order valence-electron chi connectivity index (χ1n) is 6.10. The van der Waals surface area contributed by atoms with E-state index in [1.54, 1.807) is 0 Å². The minimum absolute atomic E-state index is 0.378. The Bertz CT molecular complexity index is 434. The van der Waals surface area contributed by atoms with Crippen molar-refractivity contribution in [1.82, 2.24) is 0 Å². The fraction of sp³-hybridized carbons (Fsp3) is 0.538. The Kier molecular flexibility index (Phi) is 3.49. The molecule has 0 saturated carbocycles. The number of hydrogen-bond donors (Lipinski definition) is 1. The van der Waals surface area contributed by atoms with Crippen LogP contribution in [0.25, 0.3) is 0 Å². The molecule has 5 heteroatoms. The summed E-state index contributed by atoms with van der Waals surface area (Å²) in [6, 6.07) is 7.51. The van der Waals surface area contributed by atoms with Crippen LogP contribution in [-0.2, 0) is 9.31 Å². The van der Waals surface area contributed by atoms with E-state index in [9.17, 15) is 0 Å². The van der Waals surface area contributed by atoms with Gasteiger partial charge in [-0.2, -0.15) is 0 Å². The molecular weight excluding hydrogens is 248 g/mol. The summed E-state index contributed by atoms with van der Waals surface area (Å²) < 4.78 is 11.9. The third-order valence-electron chi connectivity index (χ3n) is 3.83. The Labute approximate surface area is 114 Å². The lowest BCUT2D eigenvalue weighted by Crippen LogP contribution is -2.41. The number of hydrogen-bond acceptors (Lipinski definition) is 3. The first-order chi connectivity index (χ1) is 8.24. The molecule has 1 atom stereocenters. The Balaban J connectivity index is 2.23. The largest absolute Gasteiger partial charge is 0.480 e. The molecule has 0 aromatic heterocycles. The first-order valence-corrected chi connectivity index (χ1v) is 6.48. The van der Waals surface area contributed by atoms with Crippen molar-refractivity contribution in [3.8, 4) is 0 Å². The van der Waals surface area contributed by atoms with Gasteiger partial charge in [-0.05, 0) is 39.3 Å². The second kappa shape index (κ2) is 4.53. The Morgan fingerprint density at radius 1 is 1.11 bits per heavy atom. The molecule has 1 aliphatic heterocycles. The van der Waals surface area contributed by atoms with Crippen molar-refractivity contribution in [2.75, 3.05) is 0 Å².